The topological polar surface area (TPSA) is 123 Å². The zero-order chi connectivity index (χ0) is 22.6. The predicted octanol–water partition coefficient (Wildman–Crippen LogP) is 2.82. The molecule has 164 valence electrons. The van der Waals surface area contributed by atoms with Crippen molar-refractivity contribution in [2.75, 3.05) is 5.32 Å². The molecule has 1 amide bonds. The van der Waals surface area contributed by atoms with Crippen molar-refractivity contribution < 1.29 is 9.90 Å². The molecule has 11 heteroatoms. The maximum absolute atomic E-state index is 13.2. The van der Waals surface area contributed by atoms with Crippen LogP contribution in [0.2, 0.25) is 5.02 Å². The van der Waals surface area contributed by atoms with Crippen molar-refractivity contribution >= 4 is 28.8 Å². The highest BCUT2D eigenvalue weighted by Gasteiger charge is 2.43. The van der Waals surface area contributed by atoms with Crippen LogP contribution in [0.3, 0.4) is 0 Å². The van der Waals surface area contributed by atoms with Gasteiger partial charge < -0.3 is 10.4 Å². The molecule has 32 heavy (non-hydrogen) atoms. The number of nitrogens with zero attached hydrogens (tertiary/aromatic N) is 7. The third-order valence-electron chi connectivity index (χ3n) is 5.71. The summed E-state index contributed by atoms with van der Waals surface area (Å²) in [7, 11) is 0. The summed E-state index contributed by atoms with van der Waals surface area (Å²) in [6, 6.07) is 3.45. The van der Waals surface area contributed by atoms with Crippen molar-refractivity contribution in [1.82, 2.24) is 34.6 Å². The molecular weight excluding hydrogens is 432 g/mol. The monoisotopic (exact) mass is 452 g/mol. The Hall–Kier alpha value is -3.37. The first-order valence-electron chi connectivity index (χ1n) is 10.1. The Kier molecular flexibility index (Phi) is 4.72. The van der Waals surface area contributed by atoms with E-state index in [1.807, 2.05) is 10.6 Å². The lowest BCUT2D eigenvalue weighted by Crippen LogP contribution is -2.21. The number of hydrogen-bond donors (Lipinski definition) is 2. The highest BCUT2D eigenvalue weighted by Crippen LogP contribution is 2.45. The van der Waals surface area contributed by atoms with Gasteiger partial charge in [0.2, 0.25) is 5.91 Å². The Labute approximate surface area is 188 Å². The molecule has 0 aliphatic heterocycles. The lowest BCUT2D eigenvalue weighted by molar-refractivity contribution is -0.117. The third-order valence-corrected chi connectivity index (χ3v) is 5.99. The lowest BCUT2D eigenvalue weighted by Gasteiger charge is -2.19. The summed E-state index contributed by atoms with van der Waals surface area (Å²) in [5.41, 5.74) is 3.25. The van der Waals surface area contributed by atoms with Gasteiger partial charge in [0.1, 0.15) is 5.69 Å². The zero-order valence-electron chi connectivity index (χ0n) is 17.7. The van der Waals surface area contributed by atoms with Crippen molar-refractivity contribution in [1.29, 1.82) is 0 Å². The van der Waals surface area contributed by atoms with Gasteiger partial charge in [0.15, 0.2) is 11.5 Å². The number of aliphatic hydroxyl groups is 1. The first-order valence-corrected chi connectivity index (χ1v) is 10.5. The van der Waals surface area contributed by atoms with Gasteiger partial charge in [-0.05, 0) is 19.4 Å². The molecule has 1 aliphatic rings. The summed E-state index contributed by atoms with van der Waals surface area (Å²) in [6.45, 7) is 5.80. The maximum atomic E-state index is 13.2. The van der Waals surface area contributed by atoms with Crippen molar-refractivity contribution in [3.8, 4) is 5.82 Å². The summed E-state index contributed by atoms with van der Waals surface area (Å²) in [6.07, 6.45) is 6.30. The van der Waals surface area contributed by atoms with Gasteiger partial charge in [0, 0.05) is 23.2 Å². The average molecular weight is 453 g/mol. The fourth-order valence-electron chi connectivity index (χ4n) is 4.21. The molecule has 2 N–H and O–H groups in total. The predicted molar refractivity (Wildman–Crippen MR) is 117 cm³/mol. The number of carbonyl (C=O) groups excluding carboxylic acids is 1. The van der Waals surface area contributed by atoms with Crippen LogP contribution in [-0.4, -0.2) is 45.6 Å². The number of rotatable bonds is 4. The van der Waals surface area contributed by atoms with Gasteiger partial charge >= 0.3 is 0 Å². The van der Waals surface area contributed by atoms with Gasteiger partial charge in [-0.1, -0.05) is 25.4 Å². The molecule has 0 radical (unpaired) electrons. The standard InChI is InChI=1S/C21H21ClN8O2/c1-11(31)16-10-26-30(28-16)19-15(22)6-12(8-24-19)27-20(32)13-7-21(2,3)18-14(13)9-23-17-4-5-25-29(17)18/h4-6,8-11,13,31H,7H2,1-3H3,(H,27,32). The molecule has 0 spiro atoms. The molecule has 0 fully saturated rings. The largest absolute Gasteiger partial charge is 0.387 e. The number of pyridine rings is 1. The SMILES string of the molecule is CC(O)c1cnn(-c2ncc(NC(=O)C3CC(C)(C)c4c3cnc3ccnn43)cc2Cl)n1. The molecule has 0 aromatic carbocycles. The number of amides is 1. The Morgan fingerprint density at radius 2 is 2.09 bits per heavy atom. The van der Waals surface area contributed by atoms with Gasteiger partial charge in [0.25, 0.3) is 0 Å². The van der Waals surface area contributed by atoms with Crippen molar-refractivity contribution in [3.05, 3.63) is 58.9 Å². The fraction of sp³-hybridized carbons (Fsp3) is 0.333. The summed E-state index contributed by atoms with van der Waals surface area (Å²) in [5, 5.41) is 25.4. The molecule has 4 aromatic rings. The van der Waals surface area contributed by atoms with Crippen LogP contribution in [0.4, 0.5) is 5.69 Å². The number of hydrogen-bond acceptors (Lipinski definition) is 7. The number of fused-ring (bicyclic) bond motifs is 3. The van der Waals surface area contributed by atoms with E-state index in [4.69, 9.17) is 11.6 Å². The highest BCUT2D eigenvalue weighted by molar-refractivity contribution is 6.32. The Bertz CT molecular complexity index is 1340. The quantitative estimate of drug-likeness (QED) is 0.488. The van der Waals surface area contributed by atoms with Gasteiger partial charge in [-0.25, -0.2) is 14.5 Å². The normalized spacial score (nSPS) is 18.0. The van der Waals surface area contributed by atoms with E-state index < -0.39 is 6.10 Å². The van der Waals surface area contributed by atoms with Crippen LogP contribution >= 0.6 is 11.6 Å². The van der Waals surface area contributed by atoms with E-state index in [1.165, 1.54) is 17.2 Å². The van der Waals surface area contributed by atoms with E-state index in [1.54, 1.807) is 25.4 Å². The molecule has 2 atom stereocenters. The molecule has 4 aromatic heterocycles. The summed E-state index contributed by atoms with van der Waals surface area (Å²) < 4.78 is 1.81. The molecule has 0 bridgehead atoms. The Morgan fingerprint density at radius 1 is 1.28 bits per heavy atom. The molecule has 0 saturated carbocycles. The van der Waals surface area contributed by atoms with E-state index in [0.717, 1.165) is 16.9 Å². The third kappa shape index (κ3) is 3.32. The van der Waals surface area contributed by atoms with Crippen LogP contribution in [-0.2, 0) is 10.2 Å². The maximum Gasteiger partial charge on any atom is 0.232 e. The zero-order valence-corrected chi connectivity index (χ0v) is 18.4. The second-order valence-electron chi connectivity index (χ2n) is 8.56. The fourth-order valence-corrected chi connectivity index (χ4v) is 4.45. The lowest BCUT2D eigenvalue weighted by atomic mass is 9.88. The molecule has 2 unspecified atom stereocenters. The van der Waals surface area contributed by atoms with E-state index in [0.29, 0.717) is 23.6 Å². The molecule has 10 nitrogen and oxygen atoms in total. The smallest absolute Gasteiger partial charge is 0.232 e. The summed E-state index contributed by atoms with van der Waals surface area (Å²) in [4.78, 5) is 23.2. The van der Waals surface area contributed by atoms with Crippen molar-refractivity contribution in [3.63, 3.8) is 0 Å². The van der Waals surface area contributed by atoms with Gasteiger partial charge in [-0.15, -0.1) is 9.90 Å². The van der Waals surface area contributed by atoms with Gasteiger partial charge in [0.05, 0.1) is 47.0 Å². The summed E-state index contributed by atoms with van der Waals surface area (Å²) >= 11 is 6.38. The Balaban J connectivity index is 1.41. The number of anilines is 1. The van der Waals surface area contributed by atoms with Gasteiger partial charge in [-0.2, -0.15) is 10.2 Å². The highest BCUT2D eigenvalue weighted by atomic mass is 35.5. The first kappa shape index (κ1) is 20.5. The average Bonchev–Trinajstić information content (AvgIpc) is 3.45. The number of nitrogens with one attached hydrogen (secondary N) is 1. The van der Waals surface area contributed by atoms with Crippen LogP contribution in [0.25, 0.3) is 11.5 Å². The second-order valence-corrected chi connectivity index (χ2v) is 8.96. The number of halogens is 1. The molecular formula is C21H21ClN8O2. The van der Waals surface area contributed by atoms with Crippen LogP contribution in [0, 0.1) is 0 Å². The molecule has 1 aliphatic carbocycles. The minimum absolute atomic E-state index is 0.163. The van der Waals surface area contributed by atoms with E-state index in [-0.39, 0.29) is 22.3 Å². The number of aliphatic hydroxyl groups excluding tert-OH is 1. The van der Waals surface area contributed by atoms with E-state index in [9.17, 15) is 9.90 Å². The number of aromatic nitrogens is 7. The van der Waals surface area contributed by atoms with Crippen LogP contribution < -0.4 is 5.32 Å². The van der Waals surface area contributed by atoms with Crippen LogP contribution in [0.5, 0.6) is 0 Å². The number of carbonyl (C=O) groups is 1. The minimum atomic E-state index is -0.753. The van der Waals surface area contributed by atoms with Crippen LogP contribution in [0.1, 0.15) is 56.2 Å². The summed E-state index contributed by atoms with van der Waals surface area (Å²) in [5.74, 6) is -0.237. The molecule has 5 rings (SSSR count). The Morgan fingerprint density at radius 3 is 2.81 bits per heavy atom. The van der Waals surface area contributed by atoms with E-state index in [2.05, 4.69) is 44.4 Å². The van der Waals surface area contributed by atoms with Crippen molar-refractivity contribution in [2.24, 2.45) is 0 Å². The second kappa shape index (κ2) is 7.35. The van der Waals surface area contributed by atoms with Crippen molar-refractivity contribution in [2.45, 2.75) is 44.6 Å². The van der Waals surface area contributed by atoms with E-state index >= 15 is 0 Å². The first-order chi connectivity index (χ1) is 15.2. The van der Waals surface area contributed by atoms with Crippen LogP contribution in [0.15, 0.2) is 36.9 Å². The van der Waals surface area contributed by atoms with Gasteiger partial charge in [-0.3, -0.25) is 4.79 Å². The minimum Gasteiger partial charge on any atom is -0.387 e. The molecule has 4 heterocycles. The molecule has 0 saturated heterocycles.